The molecule has 0 atom stereocenters. The minimum atomic E-state index is -0.918. The normalized spacial score (nSPS) is 16.1. The van der Waals surface area contributed by atoms with E-state index < -0.39 is 5.41 Å². The lowest BCUT2D eigenvalue weighted by molar-refractivity contribution is -0.139. The molecule has 2 heterocycles. The van der Waals surface area contributed by atoms with E-state index in [1.54, 1.807) is 13.8 Å². The smallest absolute Gasteiger partial charge is 0.242 e. The topological polar surface area (TPSA) is 57.0 Å². The highest BCUT2D eigenvalue weighted by atomic mass is 16.2. The second-order valence-electron chi connectivity index (χ2n) is 7.21. The Morgan fingerprint density at radius 1 is 1.33 bits per heavy atom. The van der Waals surface area contributed by atoms with Gasteiger partial charge in [0.05, 0.1) is 11.6 Å². The Morgan fingerprint density at radius 2 is 2.08 bits per heavy atom. The van der Waals surface area contributed by atoms with E-state index in [-0.39, 0.29) is 5.91 Å². The van der Waals surface area contributed by atoms with Gasteiger partial charge in [-0.1, -0.05) is 12.1 Å². The lowest BCUT2D eigenvalue weighted by Gasteiger charge is -2.35. The third kappa shape index (κ3) is 3.41. The van der Waals surface area contributed by atoms with Crippen LogP contribution in [-0.2, 0) is 11.2 Å². The van der Waals surface area contributed by atoms with Crippen molar-refractivity contribution in [3.05, 3.63) is 42.1 Å². The molecule has 24 heavy (non-hydrogen) atoms. The minimum Gasteiger partial charge on any atom is -0.341 e. The van der Waals surface area contributed by atoms with Crippen molar-refractivity contribution in [1.29, 1.82) is 5.26 Å². The first-order chi connectivity index (χ1) is 11.5. The van der Waals surface area contributed by atoms with E-state index in [0.29, 0.717) is 5.92 Å². The van der Waals surface area contributed by atoms with Gasteiger partial charge in [0, 0.05) is 24.7 Å². The summed E-state index contributed by atoms with van der Waals surface area (Å²) in [6.45, 7) is 4.91. The first-order valence-corrected chi connectivity index (χ1v) is 8.54. The quantitative estimate of drug-likeness (QED) is 0.868. The molecule has 0 bridgehead atoms. The molecule has 1 aliphatic rings. The van der Waals surface area contributed by atoms with Crippen LogP contribution in [0.25, 0.3) is 10.9 Å². The molecular weight excluding hydrogens is 298 g/mol. The fourth-order valence-corrected chi connectivity index (χ4v) is 3.37. The summed E-state index contributed by atoms with van der Waals surface area (Å²) in [5, 5.41) is 10.3. The highest BCUT2D eigenvalue weighted by Gasteiger charge is 2.34. The largest absolute Gasteiger partial charge is 0.341 e. The first kappa shape index (κ1) is 16.4. The van der Waals surface area contributed by atoms with Crippen molar-refractivity contribution >= 4 is 16.8 Å². The zero-order valence-electron chi connectivity index (χ0n) is 14.3. The standard InChI is InChI=1S/C20H23N3O/c1-20(2,14-21)19(24)23-10-7-15(8-11-23)12-16-5-6-18-17(13-16)4-3-9-22-18/h3-6,9,13,15H,7-8,10-12H2,1-2H3. The van der Waals surface area contributed by atoms with Gasteiger partial charge in [-0.2, -0.15) is 5.26 Å². The Bertz CT molecular complexity index is 783. The Morgan fingerprint density at radius 3 is 2.79 bits per heavy atom. The second-order valence-corrected chi connectivity index (χ2v) is 7.21. The maximum atomic E-state index is 12.4. The molecule has 1 aromatic carbocycles. The number of amides is 1. The van der Waals surface area contributed by atoms with Gasteiger partial charge in [0.15, 0.2) is 0 Å². The molecule has 1 amide bonds. The molecule has 4 heteroatoms. The Labute approximate surface area is 143 Å². The van der Waals surface area contributed by atoms with Crippen LogP contribution in [0.2, 0.25) is 0 Å². The van der Waals surface area contributed by atoms with Crippen LogP contribution in [0, 0.1) is 22.7 Å². The summed E-state index contributed by atoms with van der Waals surface area (Å²) in [7, 11) is 0. The number of piperidine rings is 1. The summed E-state index contributed by atoms with van der Waals surface area (Å²) in [6.07, 6.45) is 4.85. The zero-order valence-corrected chi connectivity index (χ0v) is 14.3. The van der Waals surface area contributed by atoms with Gasteiger partial charge < -0.3 is 4.90 Å². The molecule has 1 aromatic heterocycles. The number of likely N-dealkylation sites (tertiary alicyclic amines) is 1. The van der Waals surface area contributed by atoms with Crippen molar-refractivity contribution in [1.82, 2.24) is 9.88 Å². The molecule has 0 aliphatic carbocycles. The molecule has 4 nitrogen and oxygen atoms in total. The van der Waals surface area contributed by atoms with Crippen molar-refractivity contribution < 1.29 is 4.79 Å². The number of nitrogens with zero attached hydrogens (tertiary/aromatic N) is 3. The van der Waals surface area contributed by atoms with Gasteiger partial charge in [-0.05, 0) is 62.8 Å². The number of hydrogen-bond acceptors (Lipinski definition) is 3. The number of pyridine rings is 1. The summed E-state index contributed by atoms with van der Waals surface area (Å²) in [5.41, 5.74) is 1.44. The van der Waals surface area contributed by atoms with Crippen LogP contribution in [-0.4, -0.2) is 28.9 Å². The number of carbonyl (C=O) groups excluding carboxylic acids is 1. The van der Waals surface area contributed by atoms with Crippen molar-refractivity contribution in [3.8, 4) is 6.07 Å². The number of rotatable bonds is 3. The molecule has 1 saturated heterocycles. The van der Waals surface area contributed by atoms with Crippen molar-refractivity contribution in [3.63, 3.8) is 0 Å². The van der Waals surface area contributed by atoms with Crippen LogP contribution in [0.5, 0.6) is 0 Å². The molecule has 124 valence electrons. The number of fused-ring (bicyclic) bond motifs is 1. The summed E-state index contributed by atoms with van der Waals surface area (Å²) < 4.78 is 0. The van der Waals surface area contributed by atoms with Crippen molar-refractivity contribution in [2.45, 2.75) is 33.1 Å². The predicted octanol–water partition coefficient (Wildman–Crippen LogP) is 3.57. The molecule has 0 unspecified atom stereocenters. The molecular formula is C20H23N3O. The number of nitriles is 1. The Hall–Kier alpha value is -2.41. The molecule has 3 rings (SSSR count). The van der Waals surface area contributed by atoms with E-state index in [2.05, 4.69) is 35.3 Å². The first-order valence-electron chi connectivity index (χ1n) is 8.54. The maximum absolute atomic E-state index is 12.4. The monoisotopic (exact) mass is 321 g/mol. The lowest BCUT2D eigenvalue weighted by Crippen LogP contribution is -2.44. The number of hydrogen-bond donors (Lipinski definition) is 0. The Balaban J connectivity index is 1.61. The van der Waals surface area contributed by atoms with E-state index in [1.165, 1.54) is 10.9 Å². The molecule has 0 spiro atoms. The van der Waals surface area contributed by atoms with E-state index in [0.717, 1.165) is 37.9 Å². The van der Waals surface area contributed by atoms with Crippen molar-refractivity contribution in [2.75, 3.05) is 13.1 Å². The summed E-state index contributed by atoms with van der Waals surface area (Å²) >= 11 is 0. The second kappa shape index (κ2) is 6.60. The summed E-state index contributed by atoms with van der Waals surface area (Å²) in [4.78, 5) is 18.6. The van der Waals surface area contributed by atoms with Crippen LogP contribution in [0.1, 0.15) is 32.3 Å². The maximum Gasteiger partial charge on any atom is 0.242 e. The van der Waals surface area contributed by atoms with Crippen LogP contribution in [0.4, 0.5) is 0 Å². The zero-order chi connectivity index (χ0) is 17.2. The minimum absolute atomic E-state index is 0.0415. The van der Waals surface area contributed by atoms with Gasteiger partial charge in [0.1, 0.15) is 5.41 Å². The highest BCUT2D eigenvalue weighted by molar-refractivity contribution is 5.84. The van der Waals surface area contributed by atoms with Crippen LogP contribution >= 0.6 is 0 Å². The molecule has 2 aromatic rings. The average molecular weight is 321 g/mol. The Kier molecular flexibility index (Phi) is 4.53. The number of benzene rings is 1. The molecule has 0 N–H and O–H groups in total. The fourth-order valence-electron chi connectivity index (χ4n) is 3.37. The SMILES string of the molecule is CC(C)(C#N)C(=O)N1CCC(Cc2ccc3ncccc3c2)CC1. The summed E-state index contributed by atoms with van der Waals surface area (Å²) in [5.74, 6) is 0.550. The average Bonchev–Trinajstić information content (AvgIpc) is 2.61. The molecule has 0 radical (unpaired) electrons. The van der Waals surface area contributed by atoms with Gasteiger partial charge in [-0.25, -0.2) is 0 Å². The van der Waals surface area contributed by atoms with Gasteiger partial charge in [-0.15, -0.1) is 0 Å². The van der Waals surface area contributed by atoms with E-state index in [9.17, 15) is 4.79 Å². The molecule has 1 fully saturated rings. The number of aromatic nitrogens is 1. The van der Waals surface area contributed by atoms with Gasteiger partial charge in [0.2, 0.25) is 5.91 Å². The number of carbonyl (C=O) groups is 1. The van der Waals surface area contributed by atoms with Gasteiger partial charge in [0.25, 0.3) is 0 Å². The van der Waals surface area contributed by atoms with Crippen LogP contribution in [0.3, 0.4) is 0 Å². The van der Waals surface area contributed by atoms with Gasteiger partial charge in [-0.3, -0.25) is 9.78 Å². The van der Waals surface area contributed by atoms with E-state index in [4.69, 9.17) is 5.26 Å². The third-order valence-corrected chi connectivity index (χ3v) is 4.91. The molecule has 0 saturated carbocycles. The fraction of sp³-hybridized carbons (Fsp3) is 0.450. The molecule has 1 aliphatic heterocycles. The van der Waals surface area contributed by atoms with E-state index >= 15 is 0 Å². The third-order valence-electron chi connectivity index (χ3n) is 4.91. The van der Waals surface area contributed by atoms with Crippen LogP contribution < -0.4 is 0 Å². The summed E-state index contributed by atoms with van der Waals surface area (Å²) in [6, 6.07) is 12.6. The highest BCUT2D eigenvalue weighted by Crippen LogP contribution is 2.26. The lowest BCUT2D eigenvalue weighted by atomic mass is 9.87. The predicted molar refractivity (Wildman–Crippen MR) is 94.1 cm³/mol. The van der Waals surface area contributed by atoms with Crippen molar-refractivity contribution in [2.24, 2.45) is 11.3 Å². The van der Waals surface area contributed by atoms with Crippen LogP contribution in [0.15, 0.2) is 36.5 Å². The van der Waals surface area contributed by atoms with Gasteiger partial charge >= 0.3 is 0 Å². The van der Waals surface area contributed by atoms with E-state index in [1.807, 2.05) is 17.2 Å².